The first-order valence-electron chi connectivity index (χ1n) is 16.8. The smallest absolute Gasteiger partial charge is 0.0723 e. The number of pyridine rings is 1. The third kappa shape index (κ3) is 3.66. The molecule has 1 aliphatic heterocycles. The SMILES string of the molecule is CC1(C)c2ccc(N3C4C=CC=CC4C4C=CC=CC43)cc2-c2ccc3c(c21)c1cccc(-c2ccccn2)c1n3-c1ccccc1. The zero-order valence-electron chi connectivity index (χ0n) is 26.6. The van der Waals surface area contributed by atoms with E-state index in [0.717, 1.165) is 16.9 Å². The molecule has 3 aliphatic carbocycles. The predicted octanol–water partition coefficient (Wildman–Crippen LogP) is 10.2. The quantitative estimate of drug-likeness (QED) is 0.200. The molecule has 3 nitrogen and oxygen atoms in total. The number of nitrogens with zero attached hydrogens (tertiary/aromatic N) is 3. The Morgan fingerprint density at radius 3 is 2.11 bits per heavy atom. The number of anilines is 1. The molecule has 1 saturated heterocycles. The van der Waals surface area contributed by atoms with E-state index >= 15 is 0 Å². The van der Waals surface area contributed by atoms with Crippen molar-refractivity contribution in [2.45, 2.75) is 31.3 Å². The molecule has 4 aromatic carbocycles. The maximum Gasteiger partial charge on any atom is 0.0723 e. The highest BCUT2D eigenvalue weighted by Gasteiger charge is 2.46. The Bertz CT molecular complexity index is 2320. The molecule has 3 heteroatoms. The summed E-state index contributed by atoms with van der Waals surface area (Å²) in [5.74, 6) is 0.973. The summed E-state index contributed by atoms with van der Waals surface area (Å²) in [6.45, 7) is 4.83. The van der Waals surface area contributed by atoms with Crippen LogP contribution in [0.4, 0.5) is 5.69 Å². The van der Waals surface area contributed by atoms with Crippen LogP contribution in [0, 0.1) is 11.8 Å². The van der Waals surface area contributed by atoms with Gasteiger partial charge in [0.25, 0.3) is 0 Å². The number of para-hydroxylation sites is 2. The van der Waals surface area contributed by atoms with Crippen molar-refractivity contribution >= 4 is 27.5 Å². The highest BCUT2D eigenvalue weighted by Crippen LogP contribution is 2.55. The van der Waals surface area contributed by atoms with Crippen LogP contribution >= 0.6 is 0 Å². The van der Waals surface area contributed by atoms with E-state index in [1.165, 1.54) is 49.7 Å². The fraction of sp³-hybridized carbons (Fsp3) is 0.159. The van der Waals surface area contributed by atoms with E-state index in [4.69, 9.17) is 4.98 Å². The molecule has 0 radical (unpaired) electrons. The molecule has 0 N–H and O–H groups in total. The fourth-order valence-electron chi connectivity index (χ4n) is 9.24. The minimum Gasteiger partial charge on any atom is -0.357 e. The Kier molecular flexibility index (Phi) is 5.58. The minimum absolute atomic E-state index is 0.170. The number of fused-ring (bicyclic) bond motifs is 10. The number of benzene rings is 4. The van der Waals surface area contributed by atoms with Gasteiger partial charge in [0.2, 0.25) is 0 Å². The van der Waals surface area contributed by atoms with Gasteiger partial charge in [-0.25, -0.2) is 0 Å². The van der Waals surface area contributed by atoms with E-state index in [2.05, 4.69) is 163 Å². The molecule has 0 spiro atoms. The highest BCUT2D eigenvalue weighted by atomic mass is 15.2. The van der Waals surface area contributed by atoms with Gasteiger partial charge in [0.05, 0.1) is 28.8 Å². The number of rotatable bonds is 3. The molecule has 1 fully saturated rings. The molecule has 0 bridgehead atoms. The number of aromatic nitrogens is 2. The molecule has 2 aromatic heterocycles. The van der Waals surface area contributed by atoms with Crippen molar-refractivity contribution in [3.8, 4) is 28.1 Å². The van der Waals surface area contributed by atoms with E-state index in [1.54, 1.807) is 0 Å². The van der Waals surface area contributed by atoms with Crippen LogP contribution < -0.4 is 4.90 Å². The molecular formula is C44H35N3. The molecule has 47 heavy (non-hydrogen) atoms. The normalized spacial score (nSPS) is 22.9. The molecule has 4 atom stereocenters. The maximum absolute atomic E-state index is 4.81. The second-order valence-corrected chi connectivity index (χ2v) is 13.9. The van der Waals surface area contributed by atoms with Crippen molar-refractivity contribution in [3.63, 3.8) is 0 Å². The standard InChI is InChI=1S/C44H35N3/c1-44(2)36-24-22-29(46-38-20-8-6-15-30(38)31-16-7-9-21-39(31)46)27-35(36)32-23-25-40-41(42(32)44)34-18-12-17-33(37-19-10-11-26-45-37)43(34)47(40)28-13-4-3-5-14-28/h3-27,30-31,38-39H,1-2H3. The second-order valence-electron chi connectivity index (χ2n) is 13.9. The average Bonchev–Trinajstić information content (AvgIpc) is 3.72. The predicted molar refractivity (Wildman–Crippen MR) is 195 cm³/mol. The van der Waals surface area contributed by atoms with Gasteiger partial charge in [0, 0.05) is 51.2 Å². The van der Waals surface area contributed by atoms with E-state index in [1.807, 2.05) is 12.3 Å². The van der Waals surface area contributed by atoms with Gasteiger partial charge in [-0.15, -0.1) is 0 Å². The van der Waals surface area contributed by atoms with Crippen LogP contribution in [0.25, 0.3) is 49.9 Å². The Morgan fingerprint density at radius 2 is 1.36 bits per heavy atom. The van der Waals surface area contributed by atoms with Gasteiger partial charge in [-0.2, -0.15) is 0 Å². The van der Waals surface area contributed by atoms with Gasteiger partial charge in [0.1, 0.15) is 0 Å². The Labute approximate surface area is 275 Å². The summed E-state index contributed by atoms with van der Waals surface area (Å²) in [5.41, 5.74) is 12.4. The minimum atomic E-state index is -0.170. The van der Waals surface area contributed by atoms with Crippen LogP contribution in [0.15, 0.2) is 152 Å². The van der Waals surface area contributed by atoms with Crippen LogP contribution in [0.3, 0.4) is 0 Å². The number of allylic oxidation sites excluding steroid dienone is 4. The molecule has 0 saturated carbocycles. The summed E-state index contributed by atoms with van der Waals surface area (Å²) in [4.78, 5) is 7.47. The first kappa shape index (κ1) is 26.8. The lowest BCUT2D eigenvalue weighted by Crippen LogP contribution is -2.36. The lowest BCUT2D eigenvalue weighted by Gasteiger charge is -2.32. The summed E-state index contributed by atoms with van der Waals surface area (Å²) < 4.78 is 2.45. The summed E-state index contributed by atoms with van der Waals surface area (Å²) in [6, 6.07) is 36.4. The summed E-state index contributed by atoms with van der Waals surface area (Å²) in [7, 11) is 0. The van der Waals surface area contributed by atoms with Crippen molar-refractivity contribution in [2.75, 3.05) is 4.90 Å². The van der Waals surface area contributed by atoms with Gasteiger partial charge in [-0.05, 0) is 64.7 Å². The van der Waals surface area contributed by atoms with Gasteiger partial charge >= 0.3 is 0 Å². The molecular weight excluding hydrogens is 571 g/mol. The van der Waals surface area contributed by atoms with Crippen LogP contribution in [0.1, 0.15) is 25.0 Å². The van der Waals surface area contributed by atoms with Crippen molar-refractivity contribution in [1.29, 1.82) is 0 Å². The summed E-state index contributed by atoms with van der Waals surface area (Å²) in [5, 5.41) is 2.61. The van der Waals surface area contributed by atoms with Crippen LogP contribution in [-0.2, 0) is 5.41 Å². The van der Waals surface area contributed by atoms with Crippen LogP contribution in [0.2, 0.25) is 0 Å². The van der Waals surface area contributed by atoms with E-state index in [-0.39, 0.29) is 5.41 Å². The molecule has 4 unspecified atom stereocenters. The Balaban J connectivity index is 1.22. The van der Waals surface area contributed by atoms with Gasteiger partial charge in [-0.3, -0.25) is 4.98 Å². The molecule has 0 amide bonds. The Hall–Kier alpha value is -5.41. The fourth-order valence-corrected chi connectivity index (χ4v) is 9.24. The molecule has 6 aromatic rings. The Morgan fingerprint density at radius 1 is 0.617 bits per heavy atom. The highest BCUT2D eigenvalue weighted by molar-refractivity contribution is 6.17. The monoisotopic (exact) mass is 605 g/mol. The van der Waals surface area contributed by atoms with Crippen molar-refractivity contribution in [2.24, 2.45) is 11.8 Å². The largest absolute Gasteiger partial charge is 0.357 e. The summed E-state index contributed by atoms with van der Waals surface area (Å²) in [6.07, 6.45) is 20.4. The maximum atomic E-state index is 4.81. The molecule has 4 aliphatic rings. The second kappa shape index (κ2) is 9.80. The summed E-state index contributed by atoms with van der Waals surface area (Å²) >= 11 is 0. The number of hydrogen-bond donors (Lipinski definition) is 0. The third-order valence-corrected chi connectivity index (χ3v) is 11.2. The lowest BCUT2D eigenvalue weighted by atomic mass is 9.80. The third-order valence-electron chi connectivity index (χ3n) is 11.2. The van der Waals surface area contributed by atoms with Crippen LogP contribution in [0.5, 0.6) is 0 Å². The average molecular weight is 606 g/mol. The van der Waals surface area contributed by atoms with Gasteiger partial charge in [0.15, 0.2) is 0 Å². The zero-order valence-corrected chi connectivity index (χ0v) is 26.6. The number of hydrogen-bond acceptors (Lipinski definition) is 2. The van der Waals surface area contributed by atoms with Gasteiger partial charge < -0.3 is 9.47 Å². The first-order chi connectivity index (χ1) is 23.1. The van der Waals surface area contributed by atoms with E-state index in [0.29, 0.717) is 23.9 Å². The van der Waals surface area contributed by atoms with Crippen molar-refractivity contribution in [1.82, 2.24) is 9.55 Å². The molecule has 3 heterocycles. The van der Waals surface area contributed by atoms with Crippen molar-refractivity contribution in [3.05, 3.63) is 163 Å². The van der Waals surface area contributed by atoms with Crippen LogP contribution in [-0.4, -0.2) is 21.6 Å². The van der Waals surface area contributed by atoms with E-state index in [9.17, 15) is 0 Å². The lowest BCUT2D eigenvalue weighted by molar-refractivity contribution is 0.527. The first-order valence-corrected chi connectivity index (χ1v) is 16.8. The molecule has 10 rings (SSSR count). The topological polar surface area (TPSA) is 21.1 Å². The van der Waals surface area contributed by atoms with Crippen molar-refractivity contribution < 1.29 is 0 Å². The zero-order chi connectivity index (χ0) is 31.3. The van der Waals surface area contributed by atoms with Gasteiger partial charge in [-0.1, -0.05) is 117 Å². The van der Waals surface area contributed by atoms with E-state index < -0.39 is 0 Å². The molecule has 226 valence electrons.